The normalized spacial score (nSPS) is 14.6. The molecule has 1 aliphatic rings. The van der Waals surface area contributed by atoms with Crippen molar-refractivity contribution in [1.82, 2.24) is 10.2 Å². The van der Waals surface area contributed by atoms with Gasteiger partial charge in [-0.1, -0.05) is 30.7 Å². The Hall–Kier alpha value is -2.67. The minimum atomic E-state index is -2.99. The summed E-state index contributed by atoms with van der Waals surface area (Å²) in [5.74, 6) is -0.396. The summed E-state index contributed by atoms with van der Waals surface area (Å²) in [7, 11) is 1.35. The lowest BCUT2D eigenvalue weighted by atomic mass is 10.1. The summed E-state index contributed by atoms with van der Waals surface area (Å²) in [5.41, 5.74) is 2.45. The van der Waals surface area contributed by atoms with Crippen molar-refractivity contribution in [3.63, 3.8) is 0 Å². The molecule has 1 aliphatic heterocycles. The average molecular weight is 404 g/mol. The summed E-state index contributed by atoms with van der Waals surface area (Å²) < 4.78 is 34.5. The molecule has 29 heavy (non-hydrogen) atoms. The molecule has 156 valence electrons. The van der Waals surface area contributed by atoms with Crippen molar-refractivity contribution in [3.8, 4) is 11.5 Å². The fourth-order valence-electron chi connectivity index (χ4n) is 3.43. The Balaban J connectivity index is 1.56. The standard InChI is InChI=1S/C22H26F2N2O3/c1-28-19-10-9-18(13-20(19)29-22(23)24)21(27)25-14-16-5-7-17(8-6-16)15-26-11-3-2-4-12-26/h5-10,13,22H,2-4,11-12,14-15H2,1H3,(H,25,27). The van der Waals surface area contributed by atoms with Crippen molar-refractivity contribution in [2.75, 3.05) is 20.2 Å². The molecule has 1 heterocycles. The molecule has 0 saturated carbocycles. The number of hydrogen-bond acceptors (Lipinski definition) is 4. The van der Waals surface area contributed by atoms with Crippen molar-refractivity contribution in [2.24, 2.45) is 0 Å². The zero-order valence-corrected chi connectivity index (χ0v) is 16.5. The Morgan fingerprint density at radius 2 is 1.72 bits per heavy atom. The topological polar surface area (TPSA) is 50.8 Å². The number of piperidine rings is 1. The molecule has 0 spiro atoms. The zero-order valence-electron chi connectivity index (χ0n) is 16.5. The molecule has 1 fully saturated rings. The van der Waals surface area contributed by atoms with Crippen molar-refractivity contribution in [3.05, 3.63) is 59.2 Å². The third-order valence-corrected chi connectivity index (χ3v) is 4.97. The molecule has 5 nitrogen and oxygen atoms in total. The van der Waals surface area contributed by atoms with Crippen LogP contribution in [0.1, 0.15) is 40.7 Å². The van der Waals surface area contributed by atoms with E-state index in [0.717, 1.165) is 25.2 Å². The molecule has 0 aliphatic carbocycles. The molecule has 0 bridgehead atoms. The number of amides is 1. The molecule has 0 unspecified atom stereocenters. The lowest BCUT2D eigenvalue weighted by molar-refractivity contribution is -0.0512. The second kappa shape index (κ2) is 10.2. The second-order valence-corrected chi connectivity index (χ2v) is 7.08. The third-order valence-electron chi connectivity index (χ3n) is 4.97. The third kappa shape index (κ3) is 6.15. The van der Waals surface area contributed by atoms with Gasteiger partial charge in [0.2, 0.25) is 0 Å². The van der Waals surface area contributed by atoms with Gasteiger partial charge in [-0.3, -0.25) is 9.69 Å². The van der Waals surface area contributed by atoms with E-state index in [1.54, 1.807) is 0 Å². The number of hydrogen-bond donors (Lipinski definition) is 1. The summed E-state index contributed by atoms with van der Waals surface area (Å²) in [6.45, 7) is 0.602. The highest BCUT2D eigenvalue weighted by atomic mass is 19.3. The van der Waals surface area contributed by atoms with Crippen LogP contribution in [-0.4, -0.2) is 37.6 Å². The highest BCUT2D eigenvalue weighted by Crippen LogP contribution is 2.29. The molecule has 7 heteroatoms. The van der Waals surface area contributed by atoms with Crippen molar-refractivity contribution in [2.45, 2.75) is 39.0 Å². The summed E-state index contributed by atoms with van der Waals surface area (Å²) in [4.78, 5) is 14.8. The second-order valence-electron chi connectivity index (χ2n) is 7.08. The molecular weight excluding hydrogens is 378 g/mol. The summed E-state index contributed by atoms with van der Waals surface area (Å²) in [6, 6.07) is 12.4. The van der Waals surface area contributed by atoms with Crippen LogP contribution >= 0.6 is 0 Å². The van der Waals surface area contributed by atoms with Gasteiger partial charge < -0.3 is 14.8 Å². The largest absolute Gasteiger partial charge is 0.493 e. The van der Waals surface area contributed by atoms with Crippen molar-refractivity contribution < 1.29 is 23.0 Å². The Morgan fingerprint density at radius 3 is 2.38 bits per heavy atom. The van der Waals surface area contributed by atoms with E-state index >= 15 is 0 Å². The predicted octanol–water partition coefficient (Wildman–Crippen LogP) is 4.21. The van der Waals surface area contributed by atoms with Gasteiger partial charge in [0.05, 0.1) is 7.11 Å². The van der Waals surface area contributed by atoms with Gasteiger partial charge in [0, 0.05) is 18.7 Å². The monoisotopic (exact) mass is 404 g/mol. The van der Waals surface area contributed by atoms with Crippen LogP contribution in [0.2, 0.25) is 0 Å². The van der Waals surface area contributed by atoms with Gasteiger partial charge in [0.25, 0.3) is 5.91 Å². The average Bonchev–Trinajstić information content (AvgIpc) is 2.73. The number of nitrogens with one attached hydrogen (secondary N) is 1. The Kier molecular flexibility index (Phi) is 7.41. The van der Waals surface area contributed by atoms with Gasteiger partial charge in [-0.2, -0.15) is 8.78 Å². The van der Waals surface area contributed by atoms with Gasteiger partial charge in [0.15, 0.2) is 11.5 Å². The van der Waals surface area contributed by atoms with E-state index in [4.69, 9.17) is 4.74 Å². The smallest absolute Gasteiger partial charge is 0.387 e. The number of nitrogens with zero attached hydrogens (tertiary/aromatic N) is 1. The lowest BCUT2D eigenvalue weighted by Gasteiger charge is -2.26. The van der Waals surface area contributed by atoms with Crippen LogP contribution in [0.3, 0.4) is 0 Å². The van der Waals surface area contributed by atoms with Gasteiger partial charge in [0.1, 0.15) is 0 Å². The Bertz CT molecular complexity index is 806. The van der Waals surface area contributed by atoms with Crippen molar-refractivity contribution in [1.29, 1.82) is 0 Å². The number of carbonyl (C=O) groups excluding carboxylic acids is 1. The van der Waals surface area contributed by atoms with E-state index in [2.05, 4.69) is 27.1 Å². The van der Waals surface area contributed by atoms with Gasteiger partial charge in [-0.25, -0.2) is 0 Å². The maximum atomic E-state index is 12.5. The highest BCUT2D eigenvalue weighted by Gasteiger charge is 2.15. The van der Waals surface area contributed by atoms with Crippen molar-refractivity contribution >= 4 is 5.91 Å². The Morgan fingerprint density at radius 1 is 1.03 bits per heavy atom. The van der Waals surface area contributed by atoms with Gasteiger partial charge in [-0.05, 0) is 55.3 Å². The molecule has 3 rings (SSSR count). The molecule has 1 amide bonds. The van der Waals surface area contributed by atoms with Crippen LogP contribution in [0.25, 0.3) is 0 Å². The molecule has 2 aromatic rings. The van der Waals surface area contributed by atoms with E-state index in [0.29, 0.717) is 6.54 Å². The zero-order chi connectivity index (χ0) is 20.6. The van der Waals surface area contributed by atoms with Gasteiger partial charge >= 0.3 is 6.61 Å². The maximum Gasteiger partial charge on any atom is 0.387 e. The quantitative estimate of drug-likeness (QED) is 0.716. The summed E-state index contributed by atoms with van der Waals surface area (Å²) in [5, 5.41) is 2.80. The minimum Gasteiger partial charge on any atom is -0.493 e. The molecule has 1 N–H and O–H groups in total. The molecule has 2 aromatic carbocycles. The number of benzene rings is 2. The number of methoxy groups -OCH3 is 1. The molecule has 0 radical (unpaired) electrons. The van der Waals surface area contributed by atoms with E-state index in [1.165, 1.54) is 50.1 Å². The first-order valence-electron chi connectivity index (χ1n) is 9.76. The first-order valence-corrected chi connectivity index (χ1v) is 9.76. The highest BCUT2D eigenvalue weighted by molar-refractivity contribution is 5.94. The van der Waals surface area contributed by atoms with Crippen LogP contribution in [-0.2, 0) is 13.1 Å². The fraction of sp³-hybridized carbons (Fsp3) is 0.409. The fourth-order valence-corrected chi connectivity index (χ4v) is 3.43. The molecule has 1 saturated heterocycles. The maximum absolute atomic E-state index is 12.5. The molecule has 0 aromatic heterocycles. The number of halogens is 2. The Labute approximate surface area is 169 Å². The summed E-state index contributed by atoms with van der Waals surface area (Å²) >= 11 is 0. The number of rotatable bonds is 8. The molecule has 0 atom stereocenters. The van der Waals surface area contributed by atoms with E-state index in [1.807, 2.05) is 12.1 Å². The number of carbonyl (C=O) groups is 1. The van der Waals surface area contributed by atoms with Crippen LogP contribution in [0, 0.1) is 0 Å². The SMILES string of the molecule is COc1ccc(C(=O)NCc2ccc(CN3CCCCC3)cc2)cc1OC(F)F. The number of likely N-dealkylation sites (tertiary alicyclic amines) is 1. The van der Waals surface area contributed by atoms with Crippen LogP contribution in [0.5, 0.6) is 11.5 Å². The summed E-state index contributed by atoms with van der Waals surface area (Å²) in [6.07, 6.45) is 3.85. The number of ether oxygens (including phenoxy) is 2. The number of alkyl halides is 2. The van der Waals surface area contributed by atoms with Gasteiger partial charge in [-0.15, -0.1) is 0 Å². The van der Waals surface area contributed by atoms with E-state index in [9.17, 15) is 13.6 Å². The van der Waals surface area contributed by atoms with Crippen LogP contribution in [0.15, 0.2) is 42.5 Å². The first-order chi connectivity index (χ1) is 14.0. The lowest BCUT2D eigenvalue weighted by Crippen LogP contribution is -2.29. The minimum absolute atomic E-state index is 0.145. The van der Waals surface area contributed by atoms with E-state index < -0.39 is 6.61 Å². The van der Waals surface area contributed by atoms with Crippen LogP contribution in [0.4, 0.5) is 8.78 Å². The molecular formula is C22H26F2N2O3. The van der Waals surface area contributed by atoms with Crippen LogP contribution < -0.4 is 14.8 Å². The predicted molar refractivity (Wildman–Crippen MR) is 106 cm³/mol. The van der Waals surface area contributed by atoms with E-state index in [-0.39, 0.29) is 23.0 Å². The first kappa shape index (κ1) is 21.0.